The van der Waals surface area contributed by atoms with Gasteiger partial charge in [-0.3, -0.25) is 10.1 Å². The molecule has 7 heteroatoms. The molecule has 2 rings (SSSR count). The highest BCUT2D eigenvalue weighted by atomic mass is 16.6. The highest BCUT2D eigenvalue weighted by molar-refractivity contribution is 5.81. The minimum absolute atomic E-state index is 0.0450. The first kappa shape index (κ1) is 13.8. The van der Waals surface area contributed by atoms with Crippen molar-refractivity contribution in [1.82, 2.24) is 0 Å². The lowest BCUT2D eigenvalue weighted by Gasteiger charge is -2.08. The molecular formula is C14H8N4O3. The van der Waals surface area contributed by atoms with Gasteiger partial charge in [0.1, 0.15) is 22.8 Å². The normalized spacial score (nSPS) is 9.24. The summed E-state index contributed by atoms with van der Waals surface area (Å²) in [6, 6.07) is 14.8. The van der Waals surface area contributed by atoms with Gasteiger partial charge in [-0.2, -0.15) is 10.5 Å². The number of furan rings is 1. The van der Waals surface area contributed by atoms with Crippen molar-refractivity contribution in [1.29, 1.82) is 10.5 Å². The van der Waals surface area contributed by atoms with Gasteiger partial charge in [-0.1, -0.05) is 18.2 Å². The van der Waals surface area contributed by atoms with E-state index in [1.54, 1.807) is 36.4 Å². The molecule has 1 heterocycles. The molecule has 0 saturated carbocycles. The summed E-state index contributed by atoms with van der Waals surface area (Å²) in [5.74, 6) is -0.420. The second kappa shape index (κ2) is 6.04. The maximum atomic E-state index is 10.6. The Bertz CT molecular complexity index is 763. The van der Waals surface area contributed by atoms with Crippen LogP contribution in [-0.2, 0) is 0 Å². The number of nitrogens with zero attached hydrogens (tertiary/aromatic N) is 3. The van der Waals surface area contributed by atoms with E-state index >= 15 is 0 Å². The number of anilines is 1. The molecule has 1 aromatic heterocycles. The van der Waals surface area contributed by atoms with E-state index in [-0.39, 0.29) is 17.0 Å². The van der Waals surface area contributed by atoms with E-state index in [9.17, 15) is 10.1 Å². The standard InChI is InChI=1S/C14H8N4O3/c15-8-10(9-16)14(17-11-4-2-1-3-5-11)12-6-7-13(21-12)18(19)20/h1-7,17H. The van der Waals surface area contributed by atoms with Crippen LogP contribution in [0.3, 0.4) is 0 Å². The minimum atomic E-state index is -0.692. The number of nitro groups is 1. The van der Waals surface area contributed by atoms with Crippen LogP contribution >= 0.6 is 0 Å². The van der Waals surface area contributed by atoms with E-state index < -0.39 is 10.8 Å². The van der Waals surface area contributed by atoms with Crippen molar-refractivity contribution in [2.45, 2.75) is 0 Å². The zero-order valence-electron chi connectivity index (χ0n) is 10.6. The Balaban J connectivity index is 2.47. The van der Waals surface area contributed by atoms with Gasteiger partial charge in [-0.15, -0.1) is 0 Å². The van der Waals surface area contributed by atoms with Gasteiger partial charge in [-0.05, 0) is 18.2 Å². The third-order valence-corrected chi connectivity index (χ3v) is 2.53. The van der Waals surface area contributed by atoms with Crippen molar-refractivity contribution in [2.24, 2.45) is 0 Å². The largest absolute Gasteiger partial charge is 0.433 e. The smallest absolute Gasteiger partial charge is 0.399 e. The maximum absolute atomic E-state index is 10.6. The highest BCUT2D eigenvalue weighted by Crippen LogP contribution is 2.26. The summed E-state index contributed by atoms with van der Waals surface area (Å²) in [5, 5.41) is 31.5. The monoisotopic (exact) mass is 280 g/mol. The van der Waals surface area contributed by atoms with Gasteiger partial charge in [0.05, 0.1) is 6.07 Å². The van der Waals surface area contributed by atoms with Crippen LogP contribution in [0.5, 0.6) is 0 Å². The van der Waals surface area contributed by atoms with Crippen LogP contribution in [0.1, 0.15) is 5.76 Å². The first-order valence-corrected chi connectivity index (χ1v) is 5.77. The lowest BCUT2D eigenvalue weighted by molar-refractivity contribution is -0.402. The number of hydrogen-bond acceptors (Lipinski definition) is 6. The SMILES string of the molecule is N#CC(C#N)=C(Nc1ccccc1)c1ccc([N+](=O)[O-])o1. The molecule has 0 amide bonds. The van der Waals surface area contributed by atoms with Crippen molar-refractivity contribution in [3.05, 3.63) is 63.9 Å². The Labute approximate surface area is 119 Å². The summed E-state index contributed by atoms with van der Waals surface area (Å²) in [6.07, 6.45) is 0. The maximum Gasteiger partial charge on any atom is 0.433 e. The first-order chi connectivity index (χ1) is 10.2. The molecule has 0 fully saturated rings. The molecule has 0 aliphatic rings. The molecule has 0 atom stereocenters. The molecule has 7 nitrogen and oxygen atoms in total. The fourth-order valence-corrected chi connectivity index (χ4v) is 1.61. The highest BCUT2D eigenvalue weighted by Gasteiger charge is 2.18. The number of para-hydroxylation sites is 1. The molecular weight excluding hydrogens is 272 g/mol. The average molecular weight is 280 g/mol. The first-order valence-electron chi connectivity index (χ1n) is 5.77. The van der Waals surface area contributed by atoms with Gasteiger partial charge in [0.15, 0.2) is 11.3 Å². The molecule has 21 heavy (non-hydrogen) atoms. The molecule has 1 N–H and O–H groups in total. The van der Waals surface area contributed by atoms with Crippen molar-refractivity contribution in [2.75, 3.05) is 5.32 Å². The van der Waals surface area contributed by atoms with Crippen LogP contribution in [0.15, 0.2) is 52.5 Å². The molecule has 0 radical (unpaired) electrons. The molecule has 0 bridgehead atoms. The number of benzene rings is 1. The number of nitriles is 2. The van der Waals surface area contributed by atoms with Crippen LogP contribution in [0.25, 0.3) is 5.70 Å². The van der Waals surface area contributed by atoms with Crippen molar-refractivity contribution in [3.8, 4) is 12.1 Å². The average Bonchev–Trinajstić information content (AvgIpc) is 2.98. The molecule has 0 unspecified atom stereocenters. The van der Waals surface area contributed by atoms with E-state index in [0.717, 1.165) is 6.07 Å². The van der Waals surface area contributed by atoms with Crippen molar-refractivity contribution >= 4 is 17.3 Å². The third kappa shape index (κ3) is 3.06. The predicted molar refractivity (Wildman–Crippen MR) is 73.6 cm³/mol. The van der Waals surface area contributed by atoms with E-state index in [1.165, 1.54) is 6.07 Å². The van der Waals surface area contributed by atoms with Gasteiger partial charge in [0, 0.05) is 5.69 Å². The van der Waals surface area contributed by atoms with E-state index in [1.807, 2.05) is 6.07 Å². The zero-order valence-corrected chi connectivity index (χ0v) is 10.6. The summed E-state index contributed by atoms with van der Waals surface area (Å²) >= 11 is 0. The molecule has 0 aliphatic heterocycles. The molecule has 102 valence electrons. The topological polar surface area (TPSA) is 116 Å². The van der Waals surface area contributed by atoms with Gasteiger partial charge in [0.2, 0.25) is 0 Å². The second-order valence-corrected chi connectivity index (χ2v) is 3.86. The fourth-order valence-electron chi connectivity index (χ4n) is 1.61. The summed E-state index contributed by atoms with van der Waals surface area (Å²) in [6.45, 7) is 0. The van der Waals surface area contributed by atoms with Crippen LogP contribution < -0.4 is 5.32 Å². The Morgan fingerprint density at radius 1 is 1.14 bits per heavy atom. The predicted octanol–water partition coefficient (Wildman–Crippen LogP) is 3.06. The van der Waals surface area contributed by atoms with E-state index in [4.69, 9.17) is 14.9 Å². The summed E-state index contributed by atoms with van der Waals surface area (Å²) in [4.78, 5) is 9.96. The number of rotatable bonds is 4. The quantitative estimate of drug-likeness (QED) is 0.522. The van der Waals surface area contributed by atoms with Crippen molar-refractivity contribution < 1.29 is 9.34 Å². The summed E-state index contributed by atoms with van der Waals surface area (Å²) in [7, 11) is 0. The lowest BCUT2D eigenvalue weighted by atomic mass is 10.2. The van der Waals surface area contributed by atoms with Gasteiger partial charge in [0.25, 0.3) is 0 Å². The Kier molecular flexibility index (Phi) is 3.98. The van der Waals surface area contributed by atoms with Crippen LogP contribution in [0.2, 0.25) is 0 Å². The van der Waals surface area contributed by atoms with Gasteiger partial charge >= 0.3 is 5.88 Å². The summed E-state index contributed by atoms with van der Waals surface area (Å²) in [5.41, 5.74) is 0.469. The number of hydrogen-bond donors (Lipinski definition) is 1. The fraction of sp³-hybridized carbons (Fsp3) is 0. The molecule has 0 spiro atoms. The van der Waals surface area contributed by atoms with Gasteiger partial charge in [-0.25, -0.2) is 0 Å². The lowest BCUT2D eigenvalue weighted by Crippen LogP contribution is -2.01. The number of nitrogens with one attached hydrogen (secondary N) is 1. The Hall–Kier alpha value is -3.58. The van der Waals surface area contributed by atoms with Gasteiger partial charge < -0.3 is 9.73 Å². The molecule has 0 aliphatic carbocycles. The minimum Gasteiger partial charge on any atom is -0.399 e. The van der Waals surface area contributed by atoms with Crippen LogP contribution in [0.4, 0.5) is 11.6 Å². The van der Waals surface area contributed by atoms with Crippen LogP contribution in [0, 0.1) is 32.8 Å². The summed E-state index contributed by atoms with van der Waals surface area (Å²) < 4.78 is 5.04. The Morgan fingerprint density at radius 2 is 1.81 bits per heavy atom. The second-order valence-electron chi connectivity index (χ2n) is 3.86. The molecule has 1 aromatic carbocycles. The van der Waals surface area contributed by atoms with E-state index in [2.05, 4.69) is 5.32 Å². The number of allylic oxidation sites excluding steroid dienone is 1. The molecule has 2 aromatic rings. The third-order valence-electron chi connectivity index (χ3n) is 2.53. The van der Waals surface area contributed by atoms with Crippen molar-refractivity contribution in [3.63, 3.8) is 0 Å². The van der Waals surface area contributed by atoms with Crippen LogP contribution in [-0.4, -0.2) is 4.92 Å². The molecule has 0 saturated heterocycles. The van der Waals surface area contributed by atoms with E-state index in [0.29, 0.717) is 5.69 Å². The zero-order chi connectivity index (χ0) is 15.2. The Morgan fingerprint density at radius 3 is 2.33 bits per heavy atom.